The van der Waals surface area contributed by atoms with E-state index in [1.807, 2.05) is 36.4 Å². The molecule has 0 radical (unpaired) electrons. The molecule has 1 heterocycles. The molecule has 4 nitrogen and oxygen atoms in total. The van der Waals surface area contributed by atoms with Crippen LogP contribution in [0.3, 0.4) is 0 Å². The topological polar surface area (TPSA) is 48.7 Å². The molecule has 0 aliphatic heterocycles. The summed E-state index contributed by atoms with van der Waals surface area (Å²) in [7, 11) is 2.98. The minimum Gasteiger partial charge on any atom is -0.493 e. The lowest BCUT2D eigenvalue weighted by atomic mass is 10.1. The highest BCUT2D eigenvalue weighted by molar-refractivity contribution is 5.91. The van der Waals surface area contributed by atoms with Gasteiger partial charge in [0.25, 0.3) is 0 Å². The molecule has 0 spiro atoms. The van der Waals surface area contributed by atoms with Crippen molar-refractivity contribution in [2.75, 3.05) is 14.2 Å². The van der Waals surface area contributed by atoms with Crippen LogP contribution in [0.15, 0.2) is 52.9 Å². The fourth-order valence-electron chi connectivity index (χ4n) is 2.23. The number of furan rings is 1. The predicted molar refractivity (Wildman–Crippen MR) is 79.5 cm³/mol. The van der Waals surface area contributed by atoms with E-state index >= 15 is 0 Å². The molecule has 2 aromatic carbocycles. The minimum atomic E-state index is -0.354. The van der Waals surface area contributed by atoms with Gasteiger partial charge in [0, 0.05) is 10.9 Å². The number of carbonyl (C=O) groups excluding carboxylic acids is 1. The summed E-state index contributed by atoms with van der Waals surface area (Å²) < 4.78 is 15.8. The average molecular weight is 282 g/mol. The molecule has 4 heteroatoms. The highest BCUT2D eigenvalue weighted by atomic mass is 16.5. The van der Waals surface area contributed by atoms with Crippen molar-refractivity contribution < 1.29 is 18.7 Å². The van der Waals surface area contributed by atoms with Gasteiger partial charge in [-0.1, -0.05) is 24.3 Å². The van der Waals surface area contributed by atoms with E-state index in [0.717, 1.165) is 16.7 Å². The lowest BCUT2D eigenvalue weighted by molar-refractivity contribution is 0.0601. The number of ether oxygens (including phenoxy) is 2. The van der Waals surface area contributed by atoms with Gasteiger partial charge < -0.3 is 13.9 Å². The van der Waals surface area contributed by atoms with E-state index in [4.69, 9.17) is 9.15 Å². The van der Waals surface area contributed by atoms with Gasteiger partial charge in [-0.2, -0.15) is 0 Å². The van der Waals surface area contributed by atoms with Crippen molar-refractivity contribution in [3.63, 3.8) is 0 Å². The van der Waals surface area contributed by atoms with Crippen molar-refractivity contribution in [3.05, 3.63) is 54.1 Å². The lowest BCUT2D eigenvalue weighted by Crippen LogP contribution is -2.00. The maximum Gasteiger partial charge on any atom is 0.337 e. The second-order valence-corrected chi connectivity index (χ2v) is 4.56. The Morgan fingerprint density at radius 2 is 1.81 bits per heavy atom. The Bertz CT molecular complexity index is 784. The number of fused-ring (bicyclic) bond motifs is 1. The molecule has 0 bridgehead atoms. The first-order valence-corrected chi connectivity index (χ1v) is 6.48. The smallest absolute Gasteiger partial charge is 0.337 e. The van der Waals surface area contributed by atoms with Crippen LogP contribution >= 0.6 is 0 Å². The molecule has 0 fully saturated rings. The Kier molecular flexibility index (Phi) is 3.36. The summed E-state index contributed by atoms with van der Waals surface area (Å²) in [6, 6.07) is 14.8. The first kappa shape index (κ1) is 13.2. The van der Waals surface area contributed by atoms with Crippen LogP contribution in [0.1, 0.15) is 10.4 Å². The Balaban J connectivity index is 2.02. The molecule has 1 aromatic heterocycles. The highest BCUT2D eigenvalue weighted by Crippen LogP contribution is 2.33. The molecule has 0 amide bonds. The second kappa shape index (κ2) is 5.32. The Hall–Kier alpha value is -2.75. The van der Waals surface area contributed by atoms with Gasteiger partial charge in [0.2, 0.25) is 0 Å². The molecule has 106 valence electrons. The number of carbonyl (C=O) groups is 1. The van der Waals surface area contributed by atoms with Gasteiger partial charge in [-0.3, -0.25) is 0 Å². The van der Waals surface area contributed by atoms with Crippen LogP contribution in [-0.4, -0.2) is 20.2 Å². The van der Waals surface area contributed by atoms with E-state index in [1.54, 1.807) is 19.2 Å². The predicted octanol–water partition coefficient (Wildman–Crippen LogP) is 3.90. The largest absolute Gasteiger partial charge is 0.493 e. The van der Waals surface area contributed by atoms with Crippen molar-refractivity contribution in [1.82, 2.24) is 0 Å². The number of benzene rings is 2. The maximum absolute atomic E-state index is 11.4. The molecule has 3 aromatic rings. The summed E-state index contributed by atoms with van der Waals surface area (Å²) in [4.78, 5) is 11.4. The van der Waals surface area contributed by atoms with E-state index < -0.39 is 0 Å². The normalized spacial score (nSPS) is 10.6. The second-order valence-electron chi connectivity index (χ2n) is 4.56. The molecular formula is C17H14O4. The number of esters is 1. The summed E-state index contributed by atoms with van der Waals surface area (Å²) in [6.07, 6.45) is 0. The monoisotopic (exact) mass is 282 g/mol. The molecule has 21 heavy (non-hydrogen) atoms. The fourth-order valence-corrected chi connectivity index (χ4v) is 2.23. The van der Waals surface area contributed by atoms with Gasteiger partial charge in [-0.05, 0) is 24.3 Å². The van der Waals surface area contributed by atoms with Crippen LogP contribution in [0.25, 0.3) is 22.3 Å². The quantitative estimate of drug-likeness (QED) is 0.684. The Morgan fingerprint density at radius 3 is 2.48 bits per heavy atom. The number of rotatable bonds is 3. The fraction of sp³-hybridized carbons (Fsp3) is 0.118. The van der Waals surface area contributed by atoms with Gasteiger partial charge in [-0.15, -0.1) is 0 Å². The molecule has 0 aliphatic rings. The van der Waals surface area contributed by atoms with Gasteiger partial charge in [0.1, 0.15) is 5.76 Å². The third-order valence-electron chi connectivity index (χ3n) is 3.32. The van der Waals surface area contributed by atoms with E-state index in [9.17, 15) is 4.79 Å². The van der Waals surface area contributed by atoms with Crippen LogP contribution in [0, 0.1) is 0 Å². The number of hydrogen-bond donors (Lipinski definition) is 0. The molecule has 0 unspecified atom stereocenters. The summed E-state index contributed by atoms with van der Waals surface area (Å²) in [5.41, 5.74) is 2.11. The van der Waals surface area contributed by atoms with Crippen molar-refractivity contribution >= 4 is 16.9 Å². The number of para-hydroxylation sites is 1. The van der Waals surface area contributed by atoms with Crippen molar-refractivity contribution in [2.24, 2.45) is 0 Å². The maximum atomic E-state index is 11.4. The van der Waals surface area contributed by atoms with E-state index in [0.29, 0.717) is 16.9 Å². The van der Waals surface area contributed by atoms with Crippen LogP contribution in [0.5, 0.6) is 5.75 Å². The van der Waals surface area contributed by atoms with Crippen molar-refractivity contribution in [2.45, 2.75) is 0 Å². The van der Waals surface area contributed by atoms with Crippen LogP contribution < -0.4 is 4.74 Å². The molecular weight excluding hydrogens is 268 g/mol. The van der Waals surface area contributed by atoms with Crippen molar-refractivity contribution in [3.8, 4) is 17.1 Å². The third kappa shape index (κ3) is 2.36. The minimum absolute atomic E-state index is 0.354. The average Bonchev–Trinajstić information content (AvgIpc) is 2.98. The Labute approximate surface area is 121 Å². The summed E-state index contributed by atoms with van der Waals surface area (Å²) >= 11 is 0. The molecule has 3 rings (SSSR count). The van der Waals surface area contributed by atoms with Gasteiger partial charge in [0.05, 0.1) is 19.8 Å². The SMILES string of the molecule is COC(=O)c1ccc(-c2cc3cccc(OC)c3o2)cc1. The zero-order chi connectivity index (χ0) is 14.8. The molecule has 0 N–H and O–H groups in total. The zero-order valence-corrected chi connectivity index (χ0v) is 11.8. The molecule has 0 saturated heterocycles. The highest BCUT2D eigenvalue weighted by Gasteiger charge is 2.11. The first-order chi connectivity index (χ1) is 10.2. The summed E-state index contributed by atoms with van der Waals surface area (Å²) in [6.45, 7) is 0. The van der Waals surface area contributed by atoms with Crippen molar-refractivity contribution in [1.29, 1.82) is 0 Å². The molecule has 0 saturated carbocycles. The third-order valence-corrected chi connectivity index (χ3v) is 3.32. The van der Waals surface area contributed by atoms with Gasteiger partial charge in [-0.25, -0.2) is 4.79 Å². The van der Waals surface area contributed by atoms with Crippen LogP contribution in [0.4, 0.5) is 0 Å². The lowest BCUT2D eigenvalue weighted by Gasteiger charge is -2.01. The zero-order valence-electron chi connectivity index (χ0n) is 11.8. The number of hydrogen-bond acceptors (Lipinski definition) is 4. The Morgan fingerprint density at radius 1 is 1.05 bits per heavy atom. The summed E-state index contributed by atoms with van der Waals surface area (Å²) in [5.74, 6) is 1.07. The summed E-state index contributed by atoms with van der Waals surface area (Å²) in [5, 5.41) is 0.974. The van der Waals surface area contributed by atoms with Crippen LogP contribution in [-0.2, 0) is 4.74 Å². The van der Waals surface area contributed by atoms with E-state index in [2.05, 4.69) is 4.74 Å². The van der Waals surface area contributed by atoms with E-state index in [-0.39, 0.29) is 5.97 Å². The molecule has 0 atom stereocenters. The van der Waals surface area contributed by atoms with Gasteiger partial charge in [0.15, 0.2) is 11.3 Å². The molecule has 0 aliphatic carbocycles. The van der Waals surface area contributed by atoms with E-state index in [1.165, 1.54) is 7.11 Å². The standard InChI is InChI=1S/C17H14O4/c1-19-14-5-3-4-13-10-15(21-16(13)14)11-6-8-12(9-7-11)17(18)20-2/h3-10H,1-2H3. The van der Waals surface area contributed by atoms with Gasteiger partial charge >= 0.3 is 5.97 Å². The number of methoxy groups -OCH3 is 2. The van der Waals surface area contributed by atoms with Crippen LogP contribution in [0.2, 0.25) is 0 Å². The first-order valence-electron chi connectivity index (χ1n) is 6.48.